The Kier molecular flexibility index (Phi) is 2.46. The molecule has 5 heteroatoms. The molecule has 2 nitrogen and oxygen atoms in total. The average Bonchev–Trinajstić information content (AvgIpc) is 2.24. The van der Waals surface area contributed by atoms with E-state index in [1.165, 1.54) is 6.07 Å². The van der Waals surface area contributed by atoms with Crippen LogP contribution in [-0.4, -0.2) is 4.98 Å². The van der Waals surface area contributed by atoms with E-state index >= 15 is 0 Å². The molecule has 0 aliphatic rings. The Morgan fingerprint density at radius 3 is 2.50 bits per heavy atom. The number of nitrogens with two attached hydrogens (primary N) is 1. The van der Waals surface area contributed by atoms with E-state index in [0.29, 0.717) is 18.2 Å². The van der Waals surface area contributed by atoms with E-state index in [9.17, 15) is 13.2 Å². The smallest absolute Gasteiger partial charge is 0.185 e. The Balaban J connectivity index is 2.94. The third-order valence-electron chi connectivity index (χ3n) is 2.38. The molecule has 2 aromatic rings. The first-order valence-electron chi connectivity index (χ1n) is 4.77. The van der Waals surface area contributed by atoms with Crippen molar-refractivity contribution >= 4 is 16.6 Å². The lowest BCUT2D eigenvalue weighted by molar-refractivity contribution is 0.504. The minimum atomic E-state index is -1.26. The van der Waals surface area contributed by atoms with Crippen LogP contribution in [-0.2, 0) is 6.42 Å². The second-order valence-electron chi connectivity index (χ2n) is 3.43. The molecule has 1 aromatic heterocycles. The maximum atomic E-state index is 13.4. The van der Waals surface area contributed by atoms with Crippen LogP contribution in [0.5, 0.6) is 0 Å². The number of anilines is 1. The van der Waals surface area contributed by atoms with E-state index in [2.05, 4.69) is 4.98 Å². The molecule has 0 saturated carbocycles. The SMILES string of the molecule is CCc1cc(N)c2c(F)cc(F)c(F)c2n1. The number of nitrogen functional groups attached to an aromatic ring is 1. The molecule has 0 bridgehead atoms. The van der Waals surface area contributed by atoms with Gasteiger partial charge in [-0.3, -0.25) is 0 Å². The minimum absolute atomic E-state index is 0.0678. The third-order valence-corrected chi connectivity index (χ3v) is 2.38. The third kappa shape index (κ3) is 1.48. The van der Waals surface area contributed by atoms with Crippen LogP contribution < -0.4 is 5.73 Å². The Morgan fingerprint density at radius 2 is 1.88 bits per heavy atom. The van der Waals surface area contributed by atoms with Gasteiger partial charge in [0.25, 0.3) is 0 Å². The van der Waals surface area contributed by atoms with E-state index in [1.807, 2.05) is 0 Å². The normalized spacial score (nSPS) is 11.0. The number of rotatable bonds is 1. The van der Waals surface area contributed by atoms with Crippen LogP contribution in [0.4, 0.5) is 18.9 Å². The summed E-state index contributed by atoms with van der Waals surface area (Å²) < 4.78 is 39.8. The van der Waals surface area contributed by atoms with Crippen molar-refractivity contribution in [2.75, 3.05) is 5.73 Å². The summed E-state index contributed by atoms with van der Waals surface area (Å²) in [5.74, 6) is -3.33. The average molecular weight is 226 g/mol. The van der Waals surface area contributed by atoms with Gasteiger partial charge in [-0.05, 0) is 12.5 Å². The highest BCUT2D eigenvalue weighted by atomic mass is 19.2. The zero-order valence-electron chi connectivity index (χ0n) is 8.52. The lowest BCUT2D eigenvalue weighted by atomic mass is 10.1. The number of pyridine rings is 1. The summed E-state index contributed by atoms with van der Waals surface area (Å²) in [6.45, 7) is 1.79. The topological polar surface area (TPSA) is 38.9 Å². The Morgan fingerprint density at radius 1 is 1.19 bits per heavy atom. The number of aromatic nitrogens is 1. The van der Waals surface area contributed by atoms with Gasteiger partial charge in [-0.2, -0.15) is 0 Å². The van der Waals surface area contributed by atoms with Crippen LogP contribution in [0.3, 0.4) is 0 Å². The highest BCUT2D eigenvalue weighted by Crippen LogP contribution is 2.27. The number of halogens is 3. The summed E-state index contributed by atoms with van der Waals surface area (Å²) in [5.41, 5.74) is 5.79. The molecule has 16 heavy (non-hydrogen) atoms. The molecular weight excluding hydrogens is 217 g/mol. The molecule has 2 rings (SSSR count). The van der Waals surface area contributed by atoms with Gasteiger partial charge in [-0.25, -0.2) is 18.2 Å². The molecule has 0 spiro atoms. The van der Waals surface area contributed by atoms with E-state index in [-0.39, 0.29) is 16.6 Å². The van der Waals surface area contributed by atoms with Crippen molar-refractivity contribution in [1.29, 1.82) is 0 Å². The van der Waals surface area contributed by atoms with E-state index in [1.54, 1.807) is 6.92 Å². The van der Waals surface area contributed by atoms with Crippen molar-refractivity contribution in [1.82, 2.24) is 4.98 Å². The quantitative estimate of drug-likeness (QED) is 0.759. The number of fused-ring (bicyclic) bond motifs is 1. The number of hydrogen-bond donors (Lipinski definition) is 1. The molecule has 0 aliphatic heterocycles. The lowest BCUT2D eigenvalue weighted by Gasteiger charge is -2.07. The molecular formula is C11H9F3N2. The summed E-state index contributed by atoms with van der Waals surface area (Å²) in [6, 6.07) is 1.93. The fourth-order valence-electron chi connectivity index (χ4n) is 1.57. The van der Waals surface area contributed by atoms with Crippen LogP contribution in [0.2, 0.25) is 0 Å². The summed E-state index contributed by atoms with van der Waals surface area (Å²) in [4.78, 5) is 3.84. The number of benzene rings is 1. The Bertz CT molecular complexity index is 567. The van der Waals surface area contributed by atoms with Gasteiger partial charge in [0.05, 0.1) is 5.39 Å². The van der Waals surface area contributed by atoms with Gasteiger partial charge in [-0.1, -0.05) is 6.92 Å². The van der Waals surface area contributed by atoms with Gasteiger partial charge in [0.1, 0.15) is 11.3 Å². The van der Waals surface area contributed by atoms with Crippen molar-refractivity contribution in [2.45, 2.75) is 13.3 Å². The molecule has 0 saturated heterocycles. The van der Waals surface area contributed by atoms with Crippen LogP contribution >= 0.6 is 0 Å². The molecule has 0 amide bonds. The van der Waals surface area contributed by atoms with E-state index in [0.717, 1.165) is 0 Å². The van der Waals surface area contributed by atoms with Crippen molar-refractivity contribution < 1.29 is 13.2 Å². The number of aryl methyl sites for hydroxylation is 1. The predicted octanol–water partition coefficient (Wildman–Crippen LogP) is 2.80. The minimum Gasteiger partial charge on any atom is -0.398 e. The summed E-state index contributed by atoms with van der Waals surface area (Å²) >= 11 is 0. The van der Waals surface area contributed by atoms with Gasteiger partial charge in [0.2, 0.25) is 0 Å². The second kappa shape index (κ2) is 3.66. The molecule has 0 atom stereocenters. The number of nitrogens with zero attached hydrogens (tertiary/aromatic N) is 1. The van der Waals surface area contributed by atoms with Gasteiger partial charge in [0.15, 0.2) is 11.6 Å². The maximum Gasteiger partial charge on any atom is 0.185 e. The first-order chi connectivity index (χ1) is 7.54. The van der Waals surface area contributed by atoms with Gasteiger partial charge in [0, 0.05) is 17.4 Å². The van der Waals surface area contributed by atoms with Crippen molar-refractivity contribution in [3.63, 3.8) is 0 Å². The van der Waals surface area contributed by atoms with Crippen molar-refractivity contribution in [3.05, 3.63) is 35.3 Å². The summed E-state index contributed by atoms with van der Waals surface area (Å²) in [5, 5.41) is -0.170. The molecule has 1 heterocycles. The van der Waals surface area contributed by atoms with Gasteiger partial charge < -0.3 is 5.73 Å². The molecule has 84 valence electrons. The predicted molar refractivity (Wildman–Crippen MR) is 55.4 cm³/mol. The van der Waals surface area contributed by atoms with Crippen LogP contribution in [0.1, 0.15) is 12.6 Å². The van der Waals surface area contributed by atoms with E-state index in [4.69, 9.17) is 5.73 Å². The Labute approximate surface area is 89.9 Å². The largest absolute Gasteiger partial charge is 0.398 e. The van der Waals surface area contributed by atoms with Crippen LogP contribution in [0.15, 0.2) is 12.1 Å². The summed E-state index contributed by atoms with van der Waals surface area (Å²) in [7, 11) is 0. The maximum absolute atomic E-state index is 13.4. The molecule has 0 aliphatic carbocycles. The van der Waals surface area contributed by atoms with Crippen molar-refractivity contribution in [3.8, 4) is 0 Å². The molecule has 1 aromatic carbocycles. The molecule has 0 radical (unpaired) electrons. The molecule has 0 unspecified atom stereocenters. The lowest BCUT2D eigenvalue weighted by Crippen LogP contribution is -2.00. The zero-order chi connectivity index (χ0) is 11.9. The fourth-order valence-corrected chi connectivity index (χ4v) is 1.57. The summed E-state index contributed by atoms with van der Waals surface area (Å²) in [6.07, 6.45) is 0.512. The Hall–Kier alpha value is -1.78. The molecule has 2 N–H and O–H groups in total. The van der Waals surface area contributed by atoms with Crippen LogP contribution in [0.25, 0.3) is 10.9 Å². The first-order valence-corrected chi connectivity index (χ1v) is 4.77. The highest BCUT2D eigenvalue weighted by molar-refractivity contribution is 5.91. The van der Waals surface area contributed by atoms with Gasteiger partial charge in [-0.15, -0.1) is 0 Å². The monoisotopic (exact) mass is 226 g/mol. The van der Waals surface area contributed by atoms with E-state index < -0.39 is 17.5 Å². The van der Waals surface area contributed by atoms with Gasteiger partial charge >= 0.3 is 0 Å². The highest BCUT2D eigenvalue weighted by Gasteiger charge is 2.16. The number of hydrogen-bond acceptors (Lipinski definition) is 2. The van der Waals surface area contributed by atoms with Crippen LogP contribution in [0, 0.1) is 17.5 Å². The fraction of sp³-hybridized carbons (Fsp3) is 0.182. The van der Waals surface area contributed by atoms with Crippen molar-refractivity contribution in [2.24, 2.45) is 0 Å². The second-order valence-corrected chi connectivity index (χ2v) is 3.43. The standard InChI is InChI=1S/C11H9F3N2/c1-2-5-3-8(15)9-6(12)4-7(13)10(14)11(9)16-5/h3-4H,2H2,1H3,(H2,15,16). The first kappa shape index (κ1) is 10.7. The zero-order valence-corrected chi connectivity index (χ0v) is 8.52. The molecule has 0 fully saturated rings.